The summed E-state index contributed by atoms with van der Waals surface area (Å²) in [5, 5.41) is 0. The van der Waals surface area contributed by atoms with Crippen LogP contribution in [0.4, 0.5) is 0 Å². The van der Waals surface area contributed by atoms with Gasteiger partial charge in [-0.15, -0.1) is 18.1 Å². The average Bonchev–Trinajstić information content (AvgIpc) is 1.14. The zero-order chi connectivity index (χ0) is 7.71. The maximum atomic E-state index is 9.36. The smallest absolute Gasteiger partial charge is 0.862 e. The Balaban J connectivity index is -0.0000000213. The molecule has 0 radical (unpaired) electrons. The third-order valence-corrected chi connectivity index (χ3v) is 2.25. The van der Waals surface area contributed by atoms with Crippen LogP contribution in [-0.2, 0) is 4.12 Å². The molecule has 7 nitrogen and oxygen atoms in total. The molecule has 0 saturated carbocycles. The Morgan fingerprint density at radius 2 is 0.600 bits per heavy atom. The molecule has 0 aliphatic rings. The zero-order valence-corrected chi connectivity index (χ0v) is 49.5. The standard InChI is InChI=1S/6Cs.O7Si2/c;;;;;;1-8(2,3)7-9(4,5)6/q6*+1;-6. The Morgan fingerprint density at radius 3 is 0.600 bits per heavy atom. The van der Waals surface area contributed by atoms with Crippen LogP contribution < -0.4 is 442 Å². The van der Waals surface area contributed by atoms with Crippen molar-refractivity contribution in [1.82, 2.24) is 0 Å². The van der Waals surface area contributed by atoms with E-state index >= 15 is 0 Å². The molecule has 15 heavy (non-hydrogen) atoms. The predicted octanol–water partition coefficient (Wildman–Crippen LogP) is -25.9. The molecule has 0 aromatic carbocycles. The van der Waals surface area contributed by atoms with E-state index in [-0.39, 0.29) is 413 Å². The minimum Gasteiger partial charge on any atom is -0.862 e. The molecular formula is Cs6O7Si2. The molecule has 0 unspecified atom stereocenters. The van der Waals surface area contributed by atoms with Gasteiger partial charge < -0.3 is 32.9 Å². The van der Waals surface area contributed by atoms with E-state index in [1.165, 1.54) is 0 Å². The Labute approximate surface area is 444 Å². The minimum atomic E-state index is -5.92. The van der Waals surface area contributed by atoms with Crippen molar-refractivity contribution < 1.29 is 446 Å². The number of hydrogen-bond acceptors (Lipinski definition) is 7. The Kier molecular flexibility index (Phi) is 81.0. The van der Waals surface area contributed by atoms with Crippen LogP contribution in [-0.4, -0.2) is 18.1 Å². The molecular weight excluding hydrogens is 966 g/mol. The van der Waals surface area contributed by atoms with Crippen molar-refractivity contribution in [3.05, 3.63) is 0 Å². The van der Waals surface area contributed by atoms with Gasteiger partial charge in [0, 0.05) is 0 Å². The molecule has 0 atom stereocenters. The Morgan fingerprint density at radius 1 is 0.467 bits per heavy atom. The van der Waals surface area contributed by atoms with Crippen LogP contribution >= 0.6 is 0 Å². The third-order valence-electron chi connectivity index (χ3n) is 0.250. The van der Waals surface area contributed by atoms with Gasteiger partial charge in [-0.05, 0) is 0 Å². The minimum absolute atomic E-state index is 0. The summed E-state index contributed by atoms with van der Waals surface area (Å²) in [5.41, 5.74) is 0. The van der Waals surface area contributed by atoms with Gasteiger partial charge in [0.1, 0.15) is 0 Å². The molecule has 0 saturated heterocycles. The van der Waals surface area contributed by atoms with Crippen molar-refractivity contribution in [2.45, 2.75) is 0 Å². The van der Waals surface area contributed by atoms with Crippen molar-refractivity contribution >= 4 is 18.1 Å². The third kappa shape index (κ3) is 46.5. The molecule has 0 bridgehead atoms. The van der Waals surface area contributed by atoms with E-state index in [4.69, 9.17) is 0 Å². The molecule has 0 amide bonds. The van der Waals surface area contributed by atoms with Gasteiger partial charge in [-0.2, -0.15) is 0 Å². The second kappa shape index (κ2) is 26.5. The zero-order valence-electron chi connectivity index (χ0n) is 9.86. The van der Waals surface area contributed by atoms with Crippen LogP contribution in [0, 0.1) is 0 Å². The number of hydrogen-bond donors (Lipinski definition) is 0. The first-order chi connectivity index (χ1) is 3.71. The maximum Gasteiger partial charge on any atom is 1.00 e. The van der Waals surface area contributed by atoms with Crippen molar-refractivity contribution in [3.8, 4) is 0 Å². The Hall–Kier alpha value is 12.5. The van der Waals surface area contributed by atoms with E-state index in [1.54, 1.807) is 0 Å². The van der Waals surface area contributed by atoms with Gasteiger partial charge in [0.2, 0.25) is 0 Å². The van der Waals surface area contributed by atoms with Gasteiger partial charge >= 0.3 is 413 Å². The van der Waals surface area contributed by atoms with Gasteiger partial charge in [0.25, 0.3) is 0 Å². The first-order valence-corrected chi connectivity index (χ1v) is 4.90. The monoisotopic (exact) mass is 965 g/mol. The first kappa shape index (κ1) is 45.9. The molecule has 0 aliphatic carbocycles. The van der Waals surface area contributed by atoms with Gasteiger partial charge in [0.05, 0.1) is 0 Å². The van der Waals surface area contributed by atoms with E-state index in [1.807, 2.05) is 0 Å². The number of rotatable bonds is 2. The van der Waals surface area contributed by atoms with Crippen molar-refractivity contribution in [2.24, 2.45) is 0 Å². The molecule has 0 N–H and O–H groups in total. The van der Waals surface area contributed by atoms with E-state index in [0.717, 1.165) is 0 Å². The molecule has 0 spiro atoms. The summed E-state index contributed by atoms with van der Waals surface area (Å²) in [4.78, 5) is 56.2. The van der Waals surface area contributed by atoms with Gasteiger partial charge in [-0.1, -0.05) is 0 Å². The molecule has 0 rings (SSSR count). The van der Waals surface area contributed by atoms with E-state index in [2.05, 4.69) is 4.12 Å². The first-order valence-electron chi connectivity index (χ1n) is 1.63. The Bertz CT molecular complexity index is 86.6. The van der Waals surface area contributed by atoms with Crippen molar-refractivity contribution in [1.29, 1.82) is 0 Å². The van der Waals surface area contributed by atoms with Gasteiger partial charge in [-0.3, -0.25) is 0 Å². The van der Waals surface area contributed by atoms with Crippen LogP contribution in [0.1, 0.15) is 0 Å². The fourth-order valence-electron chi connectivity index (χ4n) is 0.153. The molecule has 0 aromatic rings. The van der Waals surface area contributed by atoms with Crippen LogP contribution in [0.3, 0.4) is 0 Å². The van der Waals surface area contributed by atoms with Crippen LogP contribution in [0.5, 0.6) is 0 Å². The quantitative estimate of drug-likeness (QED) is 0.250. The topological polar surface area (TPSA) is 148 Å². The molecule has 56 valence electrons. The van der Waals surface area contributed by atoms with Crippen LogP contribution in [0.2, 0.25) is 0 Å². The van der Waals surface area contributed by atoms with E-state index in [9.17, 15) is 28.8 Å². The molecule has 0 aliphatic heterocycles. The fraction of sp³-hybridized carbons (Fsp3) is 0. The predicted molar refractivity (Wildman–Crippen MR) is 12.6 cm³/mol. The largest absolute Gasteiger partial charge is 1.00 e. The maximum absolute atomic E-state index is 9.36. The summed E-state index contributed by atoms with van der Waals surface area (Å²) in [5.74, 6) is 0. The molecule has 15 heteroatoms. The van der Waals surface area contributed by atoms with Crippen molar-refractivity contribution in [3.63, 3.8) is 0 Å². The summed E-state index contributed by atoms with van der Waals surface area (Å²) in [6, 6.07) is 0. The molecule has 0 aromatic heterocycles. The summed E-state index contributed by atoms with van der Waals surface area (Å²) >= 11 is 0. The fourth-order valence-corrected chi connectivity index (χ4v) is 1.38. The molecule has 0 heterocycles. The molecule has 0 fully saturated rings. The summed E-state index contributed by atoms with van der Waals surface area (Å²) in [6.07, 6.45) is 0. The summed E-state index contributed by atoms with van der Waals surface area (Å²) in [6.45, 7) is 0. The SMILES string of the molecule is [Cs+].[Cs+].[Cs+].[Cs+].[Cs+].[Cs+].[O-][Si]([O-])([O-])O[Si]([O-])([O-])[O-]. The van der Waals surface area contributed by atoms with Gasteiger partial charge in [0.15, 0.2) is 0 Å². The summed E-state index contributed by atoms with van der Waals surface area (Å²) in [7, 11) is -11.8. The van der Waals surface area contributed by atoms with Gasteiger partial charge in [-0.25, -0.2) is 0 Å². The average molecular weight is 966 g/mol. The van der Waals surface area contributed by atoms with Crippen molar-refractivity contribution in [2.75, 3.05) is 0 Å². The summed E-state index contributed by atoms with van der Waals surface area (Å²) < 4.78 is 2.57. The van der Waals surface area contributed by atoms with E-state index < -0.39 is 18.1 Å². The normalized spacial score (nSPS) is 8.40. The second-order valence-corrected chi connectivity index (χ2v) is 3.92. The second-order valence-electron chi connectivity index (χ2n) is 1.10. The van der Waals surface area contributed by atoms with E-state index in [0.29, 0.717) is 0 Å². The van der Waals surface area contributed by atoms with Crippen LogP contribution in [0.25, 0.3) is 0 Å². The van der Waals surface area contributed by atoms with Crippen LogP contribution in [0.15, 0.2) is 0 Å².